The monoisotopic (exact) mass is 332 g/mol. The first-order valence-electron chi connectivity index (χ1n) is 7.94. The zero-order valence-corrected chi connectivity index (χ0v) is 13.8. The molecule has 0 aromatic heterocycles. The van der Waals surface area contributed by atoms with Crippen LogP contribution in [0.1, 0.15) is 24.4 Å². The van der Waals surface area contributed by atoms with Crippen LogP contribution in [0.25, 0.3) is 0 Å². The fraction of sp³-hybridized carbons (Fsp3) is 0.412. The molecule has 2 amide bonds. The van der Waals surface area contributed by atoms with Crippen molar-refractivity contribution in [3.63, 3.8) is 0 Å². The van der Waals surface area contributed by atoms with E-state index in [1.807, 2.05) is 6.20 Å². The fourth-order valence-corrected chi connectivity index (χ4v) is 2.97. The Bertz CT molecular complexity index is 659. The molecule has 0 spiro atoms. The number of rotatable bonds is 4. The highest BCUT2D eigenvalue weighted by Gasteiger charge is 2.39. The fourth-order valence-electron chi connectivity index (χ4n) is 2.97. The maximum atomic E-state index is 13.1. The maximum absolute atomic E-state index is 13.1. The molecule has 0 bridgehead atoms. The number of hydrazine groups is 1. The summed E-state index contributed by atoms with van der Waals surface area (Å²) >= 11 is 0. The van der Waals surface area contributed by atoms with Gasteiger partial charge >= 0.3 is 0 Å². The van der Waals surface area contributed by atoms with Gasteiger partial charge in [-0.05, 0) is 24.1 Å². The third-order valence-corrected chi connectivity index (χ3v) is 4.41. The van der Waals surface area contributed by atoms with Crippen LogP contribution in [-0.2, 0) is 9.59 Å². The molecule has 2 heterocycles. The van der Waals surface area contributed by atoms with Gasteiger partial charge < -0.3 is 14.8 Å². The summed E-state index contributed by atoms with van der Waals surface area (Å²) in [5.74, 6) is -0.310. The summed E-state index contributed by atoms with van der Waals surface area (Å²) in [7, 11) is 3.40. The van der Waals surface area contributed by atoms with E-state index in [-0.39, 0.29) is 29.7 Å². The van der Waals surface area contributed by atoms with Crippen LogP contribution in [0.4, 0.5) is 4.39 Å². The molecule has 0 saturated carbocycles. The first-order valence-corrected chi connectivity index (χ1v) is 7.94. The van der Waals surface area contributed by atoms with Crippen molar-refractivity contribution < 1.29 is 14.0 Å². The Morgan fingerprint density at radius 1 is 1.29 bits per heavy atom. The number of carbonyl (C=O) groups excluding carboxylic acids is 2. The van der Waals surface area contributed by atoms with Gasteiger partial charge in [-0.3, -0.25) is 9.59 Å². The highest BCUT2D eigenvalue weighted by atomic mass is 19.1. The summed E-state index contributed by atoms with van der Waals surface area (Å²) < 4.78 is 13.1. The Labute approximate surface area is 140 Å². The molecule has 1 aromatic rings. The molecule has 1 fully saturated rings. The van der Waals surface area contributed by atoms with Gasteiger partial charge in [-0.25, -0.2) is 9.82 Å². The van der Waals surface area contributed by atoms with Crippen LogP contribution < -0.4 is 5.43 Å². The highest BCUT2D eigenvalue weighted by molar-refractivity contribution is 5.85. The second-order valence-electron chi connectivity index (χ2n) is 6.26. The molecular weight excluding hydrogens is 311 g/mol. The van der Waals surface area contributed by atoms with E-state index in [0.717, 1.165) is 5.56 Å². The number of amides is 2. The van der Waals surface area contributed by atoms with Gasteiger partial charge in [0.25, 0.3) is 5.91 Å². The third-order valence-electron chi connectivity index (χ3n) is 4.41. The summed E-state index contributed by atoms with van der Waals surface area (Å²) in [5, 5.41) is 1.79. The molecule has 0 aliphatic carbocycles. The summed E-state index contributed by atoms with van der Waals surface area (Å²) in [6.45, 7) is 0.373. The second kappa shape index (κ2) is 6.60. The minimum atomic E-state index is -0.306. The van der Waals surface area contributed by atoms with E-state index in [1.165, 1.54) is 17.0 Å². The summed E-state index contributed by atoms with van der Waals surface area (Å²) in [4.78, 5) is 27.4. The minimum Gasteiger partial charge on any atom is -0.349 e. The summed E-state index contributed by atoms with van der Waals surface area (Å²) in [6.07, 6.45) is 4.41. The molecule has 1 saturated heterocycles. The highest BCUT2D eigenvalue weighted by Crippen LogP contribution is 2.30. The molecule has 2 aliphatic rings. The van der Waals surface area contributed by atoms with Gasteiger partial charge in [0.05, 0.1) is 6.04 Å². The molecule has 2 aliphatic heterocycles. The number of carbonyl (C=O) groups is 2. The predicted octanol–water partition coefficient (Wildman–Crippen LogP) is 1.24. The predicted molar refractivity (Wildman–Crippen MR) is 86.7 cm³/mol. The number of hydrogen-bond acceptors (Lipinski definition) is 4. The van der Waals surface area contributed by atoms with Gasteiger partial charge in [0.2, 0.25) is 5.91 Å². The van der Waals surface area contributed by atoms with E-state index in [2.05, 4.69) is 5.43 Å². The van der Waals surface area contributed by atoms with E-state index in [9.17, 15) is 14.0 Å². The van der Waals surface area contributed by atoms with Crippen molar-refractivity contribution in [1.82, 2.24) is 20.2 Å². The number of fused-ring (bicyclic) bond motifs is 1. The van der Waals surface area contributed by atoms with E-state index in [1.54, 1.807) is 42.3 Å². The molecule has 0 radical (unpaired) electrons. The van der Waals surface area contributed by atoms with E-state index >= 15 is 0 Å². The van der Waals surface area contributed by atoms with Crippen molar-refractivity contribution in [2.24, 2.45) is 0 Å². The van der Waals surface area contributed by atoms with Crippen molar-refractivity contribution in [3.05, 3.63) is 48.0 Å². The van der Waals surface area contributed by atoms with Gasteiger partial charge in [0.1, 0.15) is 11.9 Å². The van der Waals surface area contributed by atoms with E-state index in [0.29, 0.717) is 19.4 Å². The first kappa shape index (κ1) is 16.4. The summed E-state index contributed by atoms with van der Waals surface area (Å²) in [5.41, 5.74) is 4.21. The zero-order valence-electron chi connectivity index (χ0n) is 13.8. The van der Waals surface area contributed by atoms with Crippen LogP contribution in [0.3, 0.4) is 0 Å². The average molecular weight is 332 g/mol. The number of nitrogens with one attached hydrogen (secondary N) is 1. The molecule has 2 atom stereocenters. The normalized spacial score (nSPS) is 22.7. The lowest BCUT2D eigenvalue weighted by Gasteiger charge is -2.31. The standard InChI is InChI=1S/C17H21FN4O2/c1-20(2)16(23)7-8-21-9-10-22-15(17(21)24)11-14(19-22)12-3-5-13(18)6-4-12/h3-6,9-10,14-15,19H,7-8,11H2,1-2H3. The lowest BCUT2D eigenvalue weighted by molar-refractivity contribution is -0.135. The largest absolute Gasteiger partial charge is 0.349 e. The van der Waals surface area contributed by atoms with Gasteiger partial charge in [-0.1, -0.05) is 12.1 Å². The third kappa shape index (κ3) is 3.26. The van der Waals surface area contributed by atoms with Crippen LogP contribution in [0.5, 0.6) is 0 Å². The zero-order chi connectivity index (χ0) is 17.3. The molecule has 6 nitrogen and oxygen atoms in total. The van der Waals surface area contributed by atoms with E-state index in [4.69, 9.17) is 0 Å². The molecule has 7 heteroatoms. The molecule has 24 heavy (non-hydrogen) atoms. The van der Waals surface area contributed by atoms with Crippen molar-refractivity contribution >= 4 is 11.8 Å². The number of benzene rings is 1. The summed E-state index contributed by atoms with van der Waals surface area (Å²) in [6, 6.07) is 5.96. The van der Waals surface area contributed by atoms with Crippen LogP contribution in [0.15, 0.2) is 36.7 Å². The lowest BCUT2D eigenvalue weighted by Crippen LogP contribution is -2.48. The Morgan fingerprint density at radius 3 is 2.67 bits per heavy atom. The van der Waals surface area contributed by atoms with Crippen LogP contribution in [0, 0.1) is 5.82 Å². The number of hydrogen-bond donors (Lipinski definition) is 1. The van der Waals surface area contributed by atoms with Gasteiger partial charge in [-0.2, -0.15) is 0 Å². The molecular formula is C17H21FN4O2. The maximum Gasteiger partial charge on any atom is 0.250 e. The molecule has 2 unspecified atom stereocenters. The van der Waals surface area contributed by atoms with Crippen LogP contribution in [0.2, 0.25) is 0 Å². The lowest BCUT2D eigenvalue weighted by atomic mass is 10.0. The van der Waals surface area contributed by atoms with Crippen LogP contribution in [-0.4, -0.2) is 53.3 Å². The Hall–Kier alpha value is -2.41. The molecule has 128 valence electrons. The smallest absolute Gasteiger partial charge is 0.250 e. The van der Waals surface area contributed by atoms with E-state index < -0.39 is 0 Å². The Balaban J connectivity index is 1.64. The van der Waals surface area contributed by atoms with Crippen LogP contribution >= 0.6 is 0 Å². The number of nitrogens with zero attached hydrogens (tertiary/aromatic N) is 3. The molecule has 1 aromatic carbocycles. The van der Waals surface area contributed by atoms with Crippen molar-refractivity contribution in [3.8, 4) is 0 Å². The van der Waals surface area contributed by atoms with Crippen molar-refractivity contribution in [1.29, 1.82) is 0 Å². The minimum absolute atomic E-state index is 0.00707. The molecule has 1 N–H and O–H groups in total. The quantitative estimate of drug-likeness (QED) is 0.901. The van der Waals surface area contributed by atoms with Gasteiger partial charge in [0.15, 0.2) is 0 Å². The first-order chi connectivity index (χ1) is 11.5. The van der Waals surface area contributed by atoms with Gasteiger partial charge in [0, 0.05) is 39.5 Å². The Kier molecular flexibility index (Phi) is 4.53. The van der Waals surface area contributed by atoms with Gasteiger partial charge in [-0.15, -0.1) is 0 Å². The average Bonchev–Trinajstić information content (AvgIpc) is 2.99. The second-order valence-corrected chi connectivity index (χ2v) is 6.26. The SMILES string of the molecule is CN(C)C(=O)CCN1C=CN2NC(c3ccc(F)cc3)CC2C1=O. The number of halogens is 1. The Morgan fingerprint density at radius 2 is 2.00 bits per heavy atom. The van der Waals surface area contributed by atoms with Crippen molar-refractivity contribution in [2.45, 2.75) is 24.9 Å². The topological polar surface area (TPSA) is 55.9 Å². The van der Waals surface area contributed by atoms with Crippen molar-refractivity contribution in [2.75, 3.05) is 20.6 Å². The molecule has 3 rings (SSSR count).